The van der Waals surface area contributed by atoms with E-state index in [4.69, 9.17) is 21.1 Å². The molecule has 0 spiro atoms. The number of hydrogen-bond acceptors (Lipinski definition) is 9. The number of ketones is 1. The molecule has 0 bridgehead atoms. The number of piperazine rings is 1. The molecule has 4 aromatic rings. The van der Waals surface area contributed by atoms with Crippen LogP contribution in [0.2, 0.25) is 5.02 Å². The number of halogens is 2. The Balaban J connectivity index is 1.15. The Morgan fingerprint density at radius 2 is 1.63 bits per heavy atom. The Kier molecular flexibility index (Phi) is 11.6. The number of Topliss-reactive ketones (excluding diaryl/α,β-unsaturated/α-hetero) is 1. The summed E-state index contributed by atoms with van der Waals surface area (Å²) in [5, 5.41) is 3.68. The molecule has 1 N–H and O–H groups in total. The third-order valence-corrected chi connectivity index (χ3v) is 11.4. The van der Waals surface area contributed by atoms with E-state index in [0.717, 1.165) is 29.4 Å². The van der Waals surface area contributed by atoms with Crippen molar-refractivity contribution in [1.29, 1.82) is 0 Å². The number of hydrogen-bond donors (Lipinski definition) is 1. The lowest BCUT2D eigenvalue weighted by Crippen LogP contribution is -2.71. The molecule has 1 unspecified atom stereocenters. The number of rotatable bonds is 12. The van der Waals surface area contributed by atoms with Gasteiger partial charge in [-0.05, 0) is 81.3 Å². The van der Waals surface area contributed by atoms with Gasteiger partial charge in [0.2, 0.25) is 5.85 Å². The summed E-state index contributed by atoms with van der Waals surface area (Å²) in [6.07, 6.45) is 9.00. The molecule has 11 nitrogen and oxygen atoms in total. The number of amides is 1. The fourth-order valence-electron chi connectivity index (χ4n) is 8.34. The maximum atomic E-state index is 16.1. The van der Waals surface area contributed by atoms with Gasteiger partial charge < -0.3 is 24.3 Å². The Morgan fingerprint density at radius 1 is 0.944 bits per heavy atom. The minimum atomic E-state index is -1.44. The molecule has 286 valence electrons. The molecule has 7 rings (SSSR count). The first-order valence-corrected chi connectivity index (χ1v) is 19.4. The van der Waals surface area contributed by atoms with E-state index in [9.17, 15) is 9.59 Å². The monoisotopic (exact) mass is 758 g/mol. The fourth-order valence-corrected chi connectivity index (χ4v) is 8.57. The van der Waals surface area contributed by atoms with E-state index >= 15 is 9.18 Å². The molecular weight excluding hydrogens is 711 g/mol. The SMILES string of the molecule is CCOC(=O)C1CCC(OC(C(=O)Cc2cc(Cl)c(NC(=O)c3cn(C)c4ccccc34)cc2F)(N2CCCC2)N2CCN(c3ccncc3)CC2)CC1. The van der Waals surface area contributed by atoms with Gasteiger partial charge in [-0.1, -0.05) is 29.8 Å². The molecule has 4 heterocycles. The summed E-state index contributed by atoms with van der Waals surface area (Å²) in [5.74, 6) is -3.15. The number of nitrogens with zero attached hydrogens (tertiary/aromatic N) is 5. The number of benzene rings is 2. The van der Waals surface area contributed by atoms with E-state index in [1.807, 2.05) is 54.9 Å². The highest BCUT2D eigenvalue weighted by Crippen LogP contribution is 2.38. The quantitative estimate of drug-likeness (QED) is 0.163. The number of likely N-dealkylation sites (tertiary alicyclic amines) is 1. The maximum absolute atomic E-state index is 16.1. The van der Waals surface area contributed by atoms with Crippen molar-refractivity contribution < 1.29 is 28.2 Å². The summed E-state index contributed by atoms with van der Waals surface area (Å²) >= 11 is 6.72. The molecule has 54 heavy (non-hydrogen) atoms. The van der Waals surface area contributed by atoms with Crippen LogP contribution in [0.3, 0.4) is 0 Å². The summed E-state index contributed by atoms with van der Waals surface area (Å²) in [4.78, 5) is 51.7. The predicted molar refractivity (Wildman–Crippen MR) is 206 cm³/mol. The van der Waals surface area contributed by atoms with Crippen LogP contribution in [-0.4, -0.2) is 94.8 Å². The van der Waals surface area contributed by atoms with Crippen LogP contribution in [0.4, 0.5) is 15.8 Å². The number of aryl methyl sites for hydroxylation is 1. The lowest BCUT2D eigenvalue weighted by Gasteiger charge is -2.52. The summed E-state index contributed by atoms with van der Waals surface area (Å²) < 4.78 is 30.4. The molecule has 3 aliphatic rings. The molecule has 3 fully saturated rings. The Bertz CT molecular complexity index is 1970. The zero-order valence-electron chi connectivity index (χ0n) is 30.9. The zero-order chi connectivity index (χ0) is 37.8. The van der Waals surface area contributed by atoms with Crippen LogP contribution in [0.1, 0.15) is 61.4 Å². The standard InChI is InChI=1S/C41H48ClFN6O5/c1-3-53-40(52)28-10-12-31(13-11-28)54-41(48-18-6-7-19-48,49-22-20-47(21-23-49)30-14-16-44-17-15-30)38(50)25-29-24-34(42)36(26-35(29)43)45-39(51)33-27-46(2)37-9-5-4-8-32(33)37/h4-5,8-9,14-17,24,26-28,31H,3,6-7,10-13,18-23,25H2,1-2H3,(H,45,51). The van der Waals surface area contributed by atoms with Crippen LogP contribution in [0.25, 0.3) is 10.9 Å². The van der Waals surface area contributed by atoms with Crippen molar-refractivity contribution in [2.24, 2.45) is 13.0 Å². The van der Waals surface area contributed by atoms with Crippen LogP contribution < -0.4 is 10.2 Å². The Labute approximate surface area is 320 Å². The topological polar surface area (TPSA) is 109 Å². The number of pyridine rings is 1. The van der Waals surface area contributed by atoms with Gasteiger partial charge in [0.15, 0.2) is 5.78 Å². The number of para-hydroxylation sites is 1. The number of aromatic nitrogens is 2. The maximum Gasteiger partial charge on any atom is 0.308 e. The second-order valence-corrected chi connectivity index (χ2v) is 14.9. The summed E-state index contributed by atoms with van der Waals surface area (Å²) in [7, 11) is 1.86. The van der Waals surface area contributed by atoms with Crippen LogP contribution in [-0.2, 0) is 32.5 Å². The molecule has 2 aliphatic heterocycles. The van der Waals surface area contributed by atoms with Crippen LogP contribution in [0.5, 0.6) is 0 Å². The summed E-state index contributed by atoms with van der Waals surface area (Å²) in [5.41, 5.74) is 2.64. The molecule has 1 atom stereocenters. The predicted octanol–water partition coefficient (Wildman–Crippen LogP) is 6.44. The smallest absolute Gasteiger partial charge is 0.308 e. The van der Waals surface area contributed by atoms with Crippen molar-refractivity contribution in [3.8, 4) is 0 Å². The van der Waals surface area contributed by atoms with Gasteiger partial charge in [0.05, 0.1) is 34.9 Å². The van der Waals surface area contributed by atoms with Crippen molar-refractivity contribution in [3.63, 3.8) is 0 Å². The van der Waals surface area contributed by atoms with E-state index in [1.165, 1.54) is 12.1 Å². The second-order valence-electron chi connectivity index (χ2n) is 14.5. The minimum absolute atomic E-state index is 0.121. The van der Waals surface area contributed by atoms with Gasteiger partial charge in [0.25, 0.3) is 5.91 Å². The van der Waals surface area contributed by atoms with Crippen LogP contribution >= 0.6 is 11.6 Å². The summed E-state index contributed by atoms with van der Waals surface area (Å²) in [6, 6.07) is 14.1. The zero-order valence-corrected chi connectivity index (χ0v) is 31.7. The van der Waals surface area contributed by atoms with Crippen molar-refractivity contribution in [2.75, 3.05) is 56.1 Å². The lowest BCUT2D eigenvalue weighted by molar-refractivity contribution is -0.257. The van der Waals surface area contributed by atoms with Crippen molar-refractivity contribution >= 4 is 51.5 Å². The summed E-state index contributed by atoms with van der Waals surface area (Å²) in [6.45, 7) is 5.90. The van der Waals surface area contributed by atoms with Gasteiger partial charge >= 0.3 is 5.97 Å². The average Bonchev–Trinajstić information content (AvgIpc) is 3.85. The van der Waals surface area contributed by atoms with Crippen molar-refractivity contribution in [3.05, 3.63) is 89.1 Å². The fraction of sp³-hybridized carbons (Fsp3) is 0.463. The van der Waals surface area contributed by atoms with Gasteiger partial charge in [0, 0.05) is 87.9 Å². The van der Waals surface area contributed by atoms with E-state index < -0.39 is 17.6 Å². The van der Waals surface area contributed by atoms with Gasteiger partial charge in [-0.3, -0.25) is 29.2 Å². The first kappa shape index (κ1) is 37.9. The highest BCUT2D eigenvalue weighted by molar-refractivity contribution is 6.34. The molecule has 2 aromatic heterocycles. The first-order valence-electron chi connectivity index (χ1n) is 19.0. The number of anilines is 2. The molecule has 1 aliphatic carbocycles. The molecule has 1 saturated carbocycles. The molecule has 1 amide bonds. The number of nitrogens with one attached hydrogen (secondary N) is 1. The molecule has 2 saturated heterocycles. The van der Waals surface area contributed by atoms with E-state index in [0.29, 0.717) is 77.1 Å². The lowest BCUT2D eigenvalue weighted by atomic mass is 9.87. The third kappa shape index (κ3) is 7.75. The number of ether oxygens (including phenoxy) is 2. The number of carbonyl (C=O) groups is 3. The number of carbonyl (C=O) groups excluding carboxylic acids is 3. The second kappa shape index (κ2) is 16.6. The number of esters is 1. The normalized spacial score (nSPS) is 20.9. The van der Waals surface area contributed by atoms with E-state index in [2.05, 4.69) is 25.0 Å². The van der Waals surface area contributed by atoms with E-state index in [1.54, 1.807) is 18.6 Å². The Morgan fingerprint density at radius 3 is 2.33 bits per heavy atom. The third-order valence-electron chi connectivity index (χ3n) is 11.1. The van der Waals surface area contributed by atoms with Gasteiger partial charge in [-0.15, -0.1) is 0 Å². The molecule has 13 heteroatoms. The molecule has 2 aromatic carbocycles. The van der Waals surface area contributed by atoms with Crippen LogP contribution in [0.15, 0.2) is 67.1 Å². The van der Waals surface area contributed by atoms with Gasteiger partial charge in [-0.2, -0.15) is 0 Å². The molecule has 0 radical (unpaired) electrons. The molecular formula is C41H48ClFN6O5. The largest absolute Gasteiger partial charge is 0.466 e. The minimum Gasteiger partial charge on any atom is -0.466 e. The van der Waals surface area contributed by atoms with Crippen molar-refractivity contribution in [2.45, 2.75) is 63.8 Å². The average molecular weight is 759 g/mol. The van der Waals surface area contributed by atoms with Gasteiger partial charge in [-0.25, -0.2) is 4.39 Å². The van der Waals surface area contributed by atoms with Crippen molar-refractivity contribution in [1.82, 2.24) is 19.4 Å². The number of fused-ring (bicyclic) bond motifs is 1. The van der Waals surface area contributed by atoms with E-state index in [-0.39, 0.29) is 46.5 Å². The highest BCUT2D eigenvalue weighted by Gasteiger charge is 2.53. The Hall–Kier alpha value is -4.36. The van der Waals surface area contributed by atoms with Crippen LogP contribution in [0, 0.1) is 11.7 Å². The first-order chi connectivity index (χ1) is 26.2. The highest BCUT2D eigenvalue weighted by atomic mass is 35.5. The van der Waals surface area contributed by atoms with Gasteiger partial charge in [0.1, 0.15) is 5.82 Å².